The number of rotatable bonds is 1. The summed E-state index contributed by atoms with van der Waals surface area (Å²) >= 11 is 0. The number of hydroxylamine groups is 4. The third-order valence-electron chi connectivity index (χ3n) is 2.94. The fourth-order valence-electron chi connectivity index (χ4n) is 1.83. The van der Waals surface area contributed by atoms with E-state index in [4.69, 9.17) is 5.41 Å². The van der Waals surface area contributed by atoms with Crippen LogP contribution in [0.2, 0.25) is 0 Å². The fourth-order valence-corrected chi connectivity index (χ4v) is 1.83. The topological polar surface area (TPSA) is 70.8 Å². The predicted molar refractivity (Wildman–Crippen MR) is 58.2 cm³/mol. The second kappa shape index (κ2) is 3.55. The molecule has 1 atom stereocenters. The van der Waals surface area contributed by atoms with E-state index in [1.807, 2.05) is 18.2 Å². The molecule has 1 saturated heterocycles. The Morgan fingerprint density at radius 2 is 1.75 bits per heavy atom. The fraction of sp³-hybridized carbons (Fsp3) is 0.364. The largest absolute Gasteiger partial charge is 0.311 e. The van der Waals surface area contributed by atoms with Gasteiger partial charge in [-0.1, -0.05) is 30.3 Å². The summed E-state index contributed by atoms with van der Waals surface area (Å²) in [5.41, 5.74) is -0.155. The molecule has 0 saturated carbocycles. The van der Waals surface area contributed by atoms with E-state index in [0.717, 1.165) is 15.7 Å². The Balaban J connectivity index is 2.41. The highest BCUT2D eigenvalue weighted by Gasteiger charge is 2.49. The van der Waals surface area contributed by atoms with E-state index >= 15 is 0 Å². The van der Waals surface area contributed by atoms with Gasteiger partial charge in [-0.15, -0.1) is 5.06 Å². The summed E-state index contributed by atoms with van der Waals surface area (Å²) in [5.74, 6) is -0.0242. The lowest BCUT2D eigenvalue weighted by molar-refractivity contribution is -0.214. The van der Waals surface area contributed by atoms with E-state index in [1.54, 1.807) is 26.0 Å². The van der Waals surface area contributed by atoms with Crippen molar-refractivity contribution in [1.29, 1.82) is 5.41 Å². The molecule has 5 nitrogen and oxygen atoms in total. The van der Waals surface area contributed by atoms with Crippen molar-refractivity contribution in [3.63, 3.8) is 0 Å². The van der Waals surface area contributed by atoms with Crippen molar-refractivity contribution in [3.8, 4) is 0 Å². The third-order valence-corrected chi connectivity index (χ3v) is 2.94. The lowest BCUT2D eigenvalue weighted by Crippen LogP contribution is -2.41. The second-order valence-corrected chi connectivity index (χ2v) is 4.38. The van der Waals surface area contributed by atoms with Gasteiger partial charge in [0, 0.05) is 0 Å². The summed E-state index contributed by atoms with van der Waals surface area (Å²) < 4.78 is 0. The number of hydrogen-bond donors (Lipinski definition) is 3. The first-order chi connectivity index (χ1) is 7.46. The highest BCUT2D eigenvalue weighted by Crippen LogP contribution is 2.37. The Morgan fingerprint density at radius 3 is 2.19 bits per heavy atom. The molecule has 1 fully saturated rings. The zero-order valence-corrected chi connectivity index (χ0v) is 9.25. The molecule has 0 bridgehead atoms. The van der Waals surface area contributed by atoms with E-state index in [1.165, 1.54) is 0 Å². The number of hydrogen-bond acceptors (Lipinski definition) is 4. The van der Waals surface area contributed by atoms with Gasteiger partial charge >= 0.3 is 0 Å². The van der Waals surface area contributed by atoms with Crippen molar-refractivity contribution in [3.05, 3.63) is 35.9 Å². The van der Waals surface area contributed by atoms with Gasteiger partial charge in [0.05, 0.1) is 0 Å². The van der Waals surface area contributed by atoms with Crippen LogP contribution in [0.1, 0.15) is 25.6 Å². The molecule has 0 radical (unpaired) electrons. The maximum atomic E-state index is 10.0. The van der Waals surface area contributed by atoms with Crippen molar-refractivity contribution in [2.75, 3.05) is 0 Å². The number of nitrogens with zero attached hydrogens (tertiary/aromatic N) is 2. The van der Waals surface area contributed by atoms with Crippen LogP contribution < -0.4 is 0 Å². The average Bonchev–Trinajstić information content (AvgIpc) is 2.42. The molecule has 0 aromatic heterocycles. The van der Waals surface area contributed by atoms with Gasteiger partial charge in [-0.2, -0.15) is 0 Å². The smallest absolute Gasteiger partial charge is 0.158 e. The zero-order chi connectivity index (χ0) is 11.9. The SMILES string of the molecule is CC1(C)C(=N)N(O)[C@H](c2ccccc2)N1O. The lowest BCUT2D eigenvalue weighted by Gasteiger charge is -2.26. The predicted octanol–water partition coefficient (Wildman–Crippen LogP) is 1.84. The van der Waals surface area contributed by atoms with Gasteiger partial charge < -0.3 is 5.21 Å². The standard InChI is InChI=1S/C11H15N3O2/c1-11(2)10(12)13(15)9(14(11)16)8-6-4-3-5-7-8/h3-7,9,12,15-16H,1-2H3/t9-/m0/s1. The lowest BCUT2D eigenvalue weighted by atomic mass is 10.1. The average molecular weight is 221 g/mol. The van der Waals surface area contributed by atoms with E-state index in [-0.39, 0.29) is 5.84 Å². The minimum Gasteiger partial charge on any atom is -0.311 e. The first kappa shape index (κ1) is 11.1. The minimum absolute atomic E-state index is 0.0242. The molecule has 0 aliphatic carbocycles. The maximum absolute atomic E-state index is 10.0. The van der Waals surface area contributed by atoms with E-state index in [9.17, 15) is 10.4 Å². The van der Waals surface area contributed by atoms with Crippen molar-refractivity contribution in [2.45, 2.75) is 25.6 Å². The van der Waals surface area contributed by atoms with Crippen molar-refractivity contribution in [2.24, 2.45) is 0 Å². The number of nitrogens with one attached hydrogen (secondary N) is 1. The van der Waals surface area contributed by atoms with E-state index < -0.39 is 11.7 Å². The van der Waals surface area contributed by atoms with Crippen molar-refractivity contribution >= 4 is 5.84 Å². The zero-order valence-electron chi connectivity index (χ0n) is 9.25. The molecule has 1 aromatic carbocycles. The Morgan fingerprint density at radius 1 is 1.19 bits per heavy atom. The van der Waals surface area contributed by atoms with Crippen LogP contribution in [0, 0.1) is 5.41 Å². The monoisotopic (exact) mass is 221 g/mol. The van der Waals surface area contributed by atoms with Crippen molar-refractivity contribution < 1.29 is 10.4 Å². The molecular weight excluding hydrogens is 206 g/mol. The molecule has 1 aliphatic heterocycles. The van der Waals surface area contributed by atoms with Gasteiger partial charge in [0.2, 0.25) is 0 Å². The van der Waals surface area contributed by atoms with E-state index in [0.29, 0.717) is 0 Å². The second-order valence-electron chi connectivity index (χ2n) is 4.38. The van der Waals surface area contributed by atoms with E-state index in [2.05, 4.69) is 0 Å². The summed E-state index contributed by atoms with van der Waals surface area (Å²) in [7, 11) is 0. The van der Waals surface area contributed by atoms with Crippen molar-refractivity contribution in [1.82, 2.24) is 10.1 Å². The van der Waals surface area contributed by atoms with Crippen LogP contribution in [-0.4, -0.2) is 31.9 Å². The molecule has 5 heteroatoms. The quantitative estimate of drug-likeness (QED) is 0.676. The highest BCUT2D eigenvalue weighted by atomic mass is 16.6. The molecule has 1 aromatic rings. The Labute approximate surface area is 94.0 Å². The van der Waals surface area contributed by atoms with Gasteiger partial charge in [-0.05, 0) is 19.4 Å². The van der Waals surface area contributed by atoms with Gasteiger partial charge in [-0.25, -0.2) is 5.06 Å². The van der Waals surface area contributed by atoms with Crippen LogP contribution in [0.15, 0.2) is 30.3 Å². The summed E-state index contributed by atoms with van der Waals surface area (Å²) in [5, 5.41) is 29.3. The van der Waals surface area contributed by atoms with Crippen LogP contribution in [0.25, 0.3) is 0 Å². The molecule has 1 aliphatic rings. The minimum atomic E-state index is -0.894. The van der Waals surface area contributed by atoms with Gasteiger partial charge in [0.25, 0.3) is 0 Å². The summed E-state index contributed by atoms with van der Waals surface area (Å²) in [6.45, 7) is 3.36. The highest BCUT2D eigenvalue weighted by molar-refractivity contribution is 5.89. The summed E-state index contributed by atoms with van der Waals surface area (Å²) in [6.07, 6.45) is -0.719. The summed E-state index contributed by atoms with van der Waals surface area (Å²) in [4.78, 5) is 0. The van der Waals surface area contributed by atoms with Crippen LogP contribution in [0.4, 0.5) is 0 Å². The molecule has 0 amide bonds. The molecule has 86 valence electrons. The molecule has 1 heterocycles. The molecule has 2 rings (SSSR count). The number of benzene rings is 1. The molecule has 3 N–H and O–H groups in total. The molecule has 0 spiro atoms. The van der Waals surface area contributed by atoms with Gasteiger partial charge in [-0.3, -0.25) is 10.6 Å². The van der Waals surface area contributed by atoms with Gasteiger partial charge in [0.1, 0.15) is 11.4 Å². The molecule has 16 heavy (non-hydrogen) atoms. The van der Waals surface area contributed by atoms with Crippen LogP contribution >= 0.6 is 0 Å². The Bertz CT molecular complexity index is 405. The first-order valence-electron chi connectivity index (χ1n) is 5.06. The molecule has 0 unspecified atom stereocenters. The first-order valence-corrected chi connectivity index (χ1v) is 5.06. The molecular formula is C11H15N3O2. The maximum Gasteiger partial charge on any atom is 0.158 e. The number of amidine groups is 1. The van der Waals surface area contributed by atoms with Crippen LogP contribution in [-0.2, 0) is 0 Å². The normalized spacial score (nSPS) is 25.1. The van der Waals surface area contributed by atoms with Gasteiger partial charge in [0.15, 0.2) is 6.17 Å². The Kier molecular flexibility index (Phi) is 2.46. The van der Waals surface area contributed by atoms with Crippen LogP contribution in [0.3, 0.4) is 0 Å². The summed E-state index contributed by atoms with van der Waals surface area (Å²) in [6, 6.07) is 9.10. The Hall–Kier alpha value is -1.43. The third kappa shape index (κ3) is 1.41. The van der Waals surface area contributed by atoms with Crippen LogP contribution in [0.5, 0.6) is 0 Å².